The Balaban J connectivity index is 1.24. The summed E-state index contributed by atoms with van der Waals surface area (Å²) in [4.78, 5) is 11.8. The second kappa shape index (κ2) is 8.79. The van der Waals surface area contributed by atoms with Crippen LogP contribution in [0.3, 0.4) is 0 Å². The van der Waals surface area contributed by atoms with E-state index in [2.05, 4.69) is 51.9 Å². The first-order chi connectivity index (χ1) is 16.7. The highest BCUT2D eigenvalue weighted by Gasteiger charge is 2.51. The first-order valence-corrected chi connectivity index (χ1v) is 12.2. The van der Waals surface area contributed by atoms with Gasteiger partial charge in [-0.15, -0.1) is 5.10 Å². The van der Waals surface area contributed by atoms with E-state index in [1.807, 2.05) is 32.9 Å². The summed E-state index contributed by atoms with van der Waals surface area (Å²) >= 11 is 0. The lowest BCUT2D eigenvalue weighted by Crippen LogP contribution is -2.54. The number of hydrogen-bond donors (Lipinski definition) is 1. The lowest BCUT2D eigenvalue weighted by Gasteiger charge is -2.53. The minimum Gasteiger partial charge on any atom is -0.469 e. The monoisotopic (exact) mass is 475 g/mol. The number of fused-ring (bicyclic) bond motifs is 3. The van der Waals surface area contributed by atoms with E-state index in [9.17, 15) is 4.79 Å². The predicted molar refractivity (Wildman–Crippen MR) is 134 cm³/mol. The van der Waals surface area contributed by atoms with Crippen molar-refractivity contribution in [3.05, 3.63) is 60.0 Å². The van der Waals surface area contributed by atoms with Gasteiger partial charge in [0.15, 0.2) is 0 Å². The van der Waals surface area contributed by atoms with Gasteiger partial charge in [-0.2, -0.15) is 0 Å². The number of carbonyl (C=O) groups is 1. The summed E-state index contributed by atoms with van der Waals surface area (Å²) in [5, 5.41) is 11.4. The number of ether oxygens (including phenoxy) is 2. The largest absolute Gasteiger partial charge is 0.469 e. The van der Waals surface area contributed by atoms with Crippen LogP contribution in [0.25, 0.3) is 11.1 Å². The van der Waals surface area contributed by atoms with Crippen LogP contribution in [0.5, 0.6) is 0 Å². The van der Waals surface area contributed by atoms with E-state index in [-0.39, 0.29) is 22.4 Å². The van der Waals surface area contributed by atoms with Crippen molar-refractivity contribution in [3.63, 3.8) is 0 Å². The lowest BCUT2D eigenvalue weighted by molar-refractivity contribution is -0.176. The van der Waals surface area contributed by atoms with Crippen LogP contribution in [0.4, 0.5) is 11.7 Å². The topological polar surface area (TPSA) is 86.5 Å². The predicted octanol–water partition coefficient (Wildman–Crippen LogP) is 5.92. The Bertz CT molecular complexity index is 1170. The summed E-state index contributed by atoms with van der Waals surface area (Å²) in [6.45, 7) is 6.78. The van der Waals surface area contributed by atoms with E-state index in [4.69, 9.17) is 13.9 Å². The zero-order valence-electron chi connectivity index (χ0n) is 20.9. The quantitative estimate of drug-likeness (QED) is 0.443. The van der Waals surface area contributed by atoms with E-state index in [1.165, 1.54) is 12.7 Å². The third kappa shape index (κ3) is 4.69. The molecule has 1 saturated carbocycles. The van der Waals surface area contributed by atoms with Gasteiger partial charge in [0.05, 0.1) is 25.7 Å². The van der Waals surface area contributed by atoms with Crippen molar-refractivity contribution >= 4 is 17.7 Å². The lowest BCUT2D eigenvalue weighted by atomic mass is 9.62. The van der Waals surface area contributed by atoms with Crippen LogP contribution in [-0.4, -0.2) is 35.5 Å². The highest BCUT2D eigenvalue weighted by atomic mass is 16.5. The molecule has 2 aliphatic heterocycles. The summed E-state index contributed by atoms with van der Waals surface area (Å²) in [7, 11) is 1.44. The van der Waals surface area contributed by atoms with Crippen LogP contribution in [-0.2, 0) is 25.1 Å². The molecule has 3 heterocycles. The zero-order chi connectivity index (χ0) is 24.7. The minimum absolute atomic E-state index is 0.0418. The van der Waals surface area contributed by atoms with E-state index in [1.54, 1.807) is 0 Å². The highest BCUT2D eigenvalue weighted by molar-refractivity contribution is 5.71. The Morgan fingerprint density at radius 2 is 1.60 bits per heavy atom. The number of nitrogens with zero attached hydrogens (tertiary/aromatic N) is 2. The molecule has 0 amide bonds. The Morgan fingerprint density at radius 3 is 2.11 bits per heavy atom. The van der Waals surface area contributed by atoms with Crippen LogP contribution in [0.1, 0.15) is 64.3 Å². The average molecular weight is 476 g/mol. The van der Waals surface area contributed by atoms with Crippen molar-refractivity contribution in [1.82, 2.24) is 10.2 Å². The Hall–Kier alpha value is -3.19. The first kappa shape index (κ1) is 23.5. The molecular formula is C28H33N3O4. The second-order valence-corrected chi connectivity index (χ2v) is 10.9. The molecule has 2 aromatic carbocycles. The summed E-state index contributed by atoms with van der Waals surface area (Å²) < 4.78 is 16.9. The number of anilines is 2. The molecule has 7 heteroatoms. The van der Waals surface area contributed by atoms with Gasteiger partial charge in [0.1, 0.15) is 0 Å². The summed E-state index contributed by atoms with van der Waals surface area (Å²) in [5.41, 5.74) is 4.04. The molecule has 0 spiro atoms. The molecule has 1 aliphatic carbocycles. The number of esters is 1. The molecule has 2 saturated heterocycles. The van der Waals surface area contributed by atoms with Gasteiger partial charge < -0.3 is 19.2 Å². The van der Waals surface area contributed by atoms with Gasteiger partial charge in [-0.1, -0.05) is 62.3 Å². The smallest absolute Gasteiger partial charge is 0.320 e. The van der Waals surface area contributed by atoms with Crippen molar-refractivity contribution in [2.45, 2.75) is 69.3 Å². The van der Waals surface area contributed by atoms with Crippen molar-refractivity contribution in [2.24, 2.45) is 0 Å². The molecule has 3 aliphatic rings. The third-order valence-electron chi connectivity index (χ3n) is 7.50. The van der Waals surface area contributed by atoms with Crippen LogP contribution in [0.15, 0.2) is 52.9 Å². The van der Waals surface area contributed by atoms with Gasteiger partial charge in [-0.05, 0) is 54.5 Å². The van der Waals surface area contributed by atoms with E-state index >= 15 is 0 Å². The van der Waals surface area contributed by atoms with Crippen LogP contribution >= 0.6 is 0 Å². The fraction of sp³-hybridized carbons (Fsp3) is 0.464. The SMILES string of the molecule is COC(=O)CC12CCC(c3ccc(-c4ccc(Nc5nnc(C(C)(C)C)o5)cc4)cc3)(CC1)CO2. The van der Waals surface area contributed by atoms with E-state index < -0.39 is 0 Å². The van der Waals surface area contributed by atoms with Crippen molar-refractivity contribution in [2.75, 3.05) is 19.0 Å². The van der Waals surface area contributed by atoms with Gasteiger partial charge in [-0.25, -0.2) is 0 Å². The van der Waals surface area contributed by atoms with Gasteiger partial charge in [0.25, 0.3) is 0 Å². The number of aromatic nitrogens is 2. The minimum atomic E-state index is -0.333. The highest BCUT2D eigenvalue weighted by Crippen LogP contribution is 2.51. The average Bonchev–Trinajstić information content (AvgIpc) is 3.35. The number of hydrogen-bond acceptors (Lipinski definition) is 7. The standard InChI is InChI=1S/C28H33N3O4/c1-26(2,3)24-30-31-25(35-24)29-22-11-7-20(8-12-22)19-5-9-21(10-6-19)27-13-15-28(16-14-27,34-18-27)17-23(32)33-4/h5-12H,13-18H2,1-4H3,(H,29,31). The van der Waals surface area contributed by atoms with Crippen LogP contribution in [0, 0.1) is 0 Å². The fourth-order valence-corrected chi connectivity index (χ4v) is 5.16. The number of methoxy groups -OCH3 is 1. The molecule has 0 radical (unpaired) electrons. The second-order valence-electron chi connectivity index (χ2n) is 10.9. The first-order valence-electron chi connectivity index (χ1n) is 12.2. The summed E-state index contributed by atoms with van der Waals surface area (Å²) in [6, 6.07) is 17.4. The van der Waals surface area contributed by atoms with Gasteiger partial charge in [-0.3, -0.25) is 4.79 Å². The van der Waals surface area contributed by atoms with E-state index in [0.29, 0.717) is 24.9 Å². The van der Waals surface area contributed by atoms with Crippen molar-refractivity contribution in [1.29, 1.82) is 0 Å². The van der Waals surface area contributed by atoms with Gasteiger partial charge in [0.2, 0.25) is 5.89 Å². The molecule has 3 aromatic rings. The molecule has 6 rings (SSSR count). The molecule has 7 nitrogen and oxygen atoms in total. The van der Waals surface area contributed by atoms with Gasteiger partial charge in [0, 0.05) is 16.5 Å². The molecule has 0 unspecified atom stereocenters. The molecule has 1 N–H and O–H groups in total. The maximum Gasteiger partial charge on any atom is 0.320 e. The molecule has 1 aromatic heterocycles. The Labute approximate surface area is 206 Å². The number of benzene rings is 2. The molecule has 0 atom stereocenters. The van der Waals surface area contributed by atoms with Crippen molar-refractivity contribution < 1.29 is 18.7 Å². The number of nitrogens with one attached hydrogen (secondary N) is 1. The maximum absolute atomic E-state index is 11.8. The van der Waals surface area contributed by atoms with Crippen LogP contribution in [0.2, 0.25) is 0 Å². The third-order valence-corrected chi connectivity index (χ3v) is 7.50. The fourth-order valence-electron chi connectivity index (χ4n) is 5.16. The molecule has 184 valence electrons. The van der Waals surface area contributed by atoms with E-state index in [0.717, 1.165) is 42.5 Å². The number of rotatable bonds is 6. The summed E-state index contributed by atoms with van der Waals surface area (Å²) in [6.07, 6.45) is 4.23. The summed E-state index contributed by atoms with van der Waals surface area (Å²) in [5.74, 6) is 0.420. The Morgan fingerprint density at radius 1 is 0.971 bits per heavy atom. The molecule has 2 bridgehead atoms. The molecular weight excluding hydrogens is 442 g/mol. The maximum atomic E-state index is 11.8. The molecule has 35 heavy (non-hydrogen) atoms. The van der Waals surface area contributed by atoms with Gasteiger partial charge >= 0.3 is 12.0 Å². The number of carbonyl (C=O) groups excluding carboxylic acids is 1. The normalized spacial score (nSPS) is 23.8. The Kier molecular flexibility index (Phi) is 5.91. The van der Waals surface area contributed by atoms with Crippen molar-refractivity contribution in [3.8, 4) is 11.1 Å². The zero-order valence-corrected chi connectivity index (χ0v) is 20.9. The molecule has 3 fully saturated rings. The van der Waals surface area contributed by atoms with Crippen LogP contribution < -0.4 is 5.32 Å².